The van der Waals surface area contributed by atoms with Crippen LogP contribution in [0, 0.1) is 0 Å². The molecule has 0 aliphatic carbocycles. The van der Waals surface area contributed by atoms with Crippen molar-refractivity contribution in [2.24, 2.45) is 0 Å². The molecule has 0 N–H and O–H groups in total. The van der Waals surface area contributed by atoms with Crippen LogP contribution in [0.2, 0.25) is 0 Å². The minimum atomic E-state index is -4.41. The molecule has 0 aliphatic rings. The molecule has 1 heterocycles. The number of benzene rings is 1. The number of rotatable bonds is 1. The molecule has 0 saturated heterocycles. The Kier molecular flexibility index (Phi) is 2.92. The summed E-state index contributed by atoms with van der Waals surface area (Å²) in [6.45, 7) is 3.61. The maximum absolute atomic E-state index is 12.6. The average Bonchev–Trinajstić information content (AvgIpc) is 2.26. The number of hydrogen-bond donors (Lipinski definition) is 0. The molecule has 0 bridgehead atoms. The molecule has 0 radical (unpaired) electrons. The van der Waals surface area contributed by atoms with E-state index in [0.717, 1.165) is 18.2 Å². The van der Waals surface area contributed by atoms with Crippen molar-refractivity contribution in [2.75, 3.05) is 0 Å². The van der Waals surface area contributed by atoms with Crippen molar-refractivity contribution in [1.82, 2.24) is 0 Å². The maximum atomic E-state index is 12.6. The van der Waals surface area contributed by atoms with Gasteiger partial charge in [0.2, 0.25) is 0 Å². The number of fused-ring (bicyclic) bond motifs is 1. The van der Waals surface area contributed by atoms with Crippen LogP contribution in [0.25, 0.3) is 10.8 Å². The summed E-state index contributed by atoms with van der Waals surface area (Å²) in [5, 5.41) is 0.414. The first kappa shape index (κ1) is 12.7. The lowest BCUT2D eigenvalue weighted by molar-refractivity contribution is -0.137. The van der Waals surface area contributed by atoms with Crippen molar-refractivity contribution in [3.63, 3.8) is 0 Å². The van der Waals surface area contributed by atoms with E-state index in [9.17, 15) is 18.0 Å². The lowest BCUT2D eigenvalue weighted by Crippen LogP contribution is -2.07. The Morgan fingerprint density at radius 1 is 1.17 bits per heavy atom. The van der Waals surface area contributed by atoms with Crippen molar-refractivity contribution in [3.05, 3.63) is 46.0 Å². The normalized spacial score (nSPS) is 12.3. The van der Waals surface area contributed by atoms with Crippen molar-refractivity contribution >= 4 is 10.8 Å². The number of hydrogen-bond acceptors (Lipinski definition) is 2. The zero-order valence-electron chi connectivity index (χ0n) is 9.84. The summed E-state index contributed by atoms with van der Waals surface area (Å²) in [4.78, 5) is 11.6. The summed E-state index contributed by atoms with van der Waals surface area (Å²) in [7, 11) is 0. The van der Waals surface area contributed by atoms with Gasteiger partial charge in [-0.25, -0.2) is 4.79 Å². The van der Waals surface area contributed by atoms with E-state index >= 15 is 0 Å². The van der Waals surface area contributed by atoms with E-state index in [2.05, 4.69) is 0 Å². The summed E-state index contributed by atoms with van der Waals surface area (Å²) < 4.78 is 42.8. The van der Waals surface area contributed by atoms with Gasteiger partial charge in [-0.15, -0.1) is 0 Å². The molecule has 1 aromatic heterocycles. The molecule has 0 unspecified atom stereocenters. The molecule has 0 spiro atoms. The van der Waals surface area contributed by atoms with Crippen LogP contribution < -0.4 is 5.63 Å². The van der Waals surface area contributed by atoms with E-state index in [0.29, 0.717) is 5.76 Å². The smallest absolute Gasteiger partial charge is 0.416 e. The van der Waals surface area contributed by atoms with Crippen molar-refractivity contribution in [1.29, 1.82) is 0 Å². The Morgan fingerprint density at radius 2 is 1.83 bits per heavy atom. The van der Waals surface area contributed by atoms with Crippen LogP contribution in [0.5, 0.6) is 0 Å². The molecular weight excluding hydrogens is 245 g/mol. The fourth-order valence-corrected chi connectivity index (χ4v) is 1.67. The zero-order valence-corrected chi connectivity index (χ0v) is 9.84. The van der Waals surface area contributed by atoms with Crippen LogP contribution in [-0.2, 0) is 6.18 Å². The van der Waals surface area contributed by atoms with E-state index in [4.69, 9.17) is 4.42 Å². The number of alkyl halides is 3. The second-order valence-electron chi connectivity index (χ2n) is 4.39. The van der Waals surface area contributed by atoms with E-state index in [1.54, 1.807) is 13.8 Å². The van der Waals surface area contributed by atoms with Gasteiger partial charge < -0.3 is 4.42 Å². The molecule has 0 amide bonds. The molecule has 2 rings (SSSR count). The van der Waals surface area contributed by atoms with E-state index in [-0.39, 0.29) is 16.7 Å². The Labute approximate surface area is 101 Å². The van der Waals surface area contributed by atoms with Crippen molar-refractivity contribution in [3.8, 4) is 0 Å². The van der Waals surface area contributed by atoms with E-state index in [1.165, 1.54) is 6.07 Å². The number of halogens is 3. The highest BCUT2D eigenvalue weighted by atomic mass is 19.4. The molecule has 2 aromatic rings. The summed E-state index contributed by atoms with van der Waals surface area (Å²) in [6, 6.07) is 4.48. The van der Waals surface area contributed by atoms with Crippen LogP contribution in [-0.4, -0.2) is 0 Å². The minimum absolute atomic E-state index is 0.0587. The first-order valence-electron chi connectivity index (χ1n) is 5.44. The third-order valence-corrected chi connectivity index (χ3v) is 2.68. The average molecular weight is 256 g/mol. The highest BCUT2D eigenvalue weighted by Gasteiger charge is 2.30. The second kappa shape index (κ2) is 4.15. The predicted octanol–water partition coefficient (Wildman–Crippen LogP) is 3.94. The van der Waals surface area contributed by atoms with E-state index in [1.807, 2.05) is 0 Å². The Bertz CT molecular complexity index is 639. The molecule has 5 heteroatoms. The maximum Gasteiger partial charge on any atom is 0.416 e. The first-order valence-corrected chi connectivity index (χ1v) is 5.44. The van der Waals surface area contributed by atoms with Gasteiger partial charge >= 0.3 is 11.8 Å². The summed E-state index contributed by atoms with van der Waals surface area (Å²) in [6.07, 6.45) is -4.41. The first-order chi connectivity index (χ1) is 8.29. The lowest BCUT2D eigenvalue weighted by Gasteiger charge is -2.09. The van der Waals surface area contributed by atoms with Gasteiger partial charge in [-0.2, -0.15) is 13.2 Å². The molecule has 96 valence electrons. The summed E-state index contributed by atoms with van der Waals surface area (Å²) in [5.41, 5.74) is -1.37. The standard InChI is InChI=1S/C13H11F3O2/c1-7(2)11-6-8-5-9(13(14,15)16)3-4-10(8)12(17)18-11/h3-7H,1-2H3. The van der Waals surface area contributed by atoms with Crippen molar-refractivity contribution in [2.45, 2.75) is 25.9 Å². The highest BCUT2D eigenvalue weighted by Crippen LogP contribution is 2.31. The van der Waals surface area contributed by atoms with Gasteiger partial charge in [-0.05, 0) is 29.7 Å². The highest BCUT2D eigenvalue weighted by molar-refractivity contribution is 5.82. The van der Waals surface area contributed by atoms with Gasteiger partial charge in [0.15, 0.2) is 0 Å². The Balaban J connectivity index is 2.72. The van der Waals surface area contributed by atoms with Crippen LogP contribution in [0.15, 0.2) is 33.5 Å². The van der Waals surface area contributed by atoms with Crippen LogP contribution in [0.1, 0.15) is 31.1 Å². The largest absolute Gasteiger partial charge is 0.427 e. The Hall–Kier alpha value is -1.78. The molecule has 0 atom stereocenters. The molecule has 0 aliphatic heterocycles. The van der Waals surface area contributed by atoms with Gasteiger partial charge in [0.05, 0.1) is 10.9 Å². The van der Waals surface area contributed by atoms with Crippen LogP contribution in [0.3, 0.4) is 0 Å². The summed E-state index contributed by atoms with van der Waals surface area (Å²) in [5.74, 6) is 0.323. The van der Waals surface area contributed by atoms with Gasteiger partial charge in [-0.3, -0.25) is 0 Å². The molecular formula is C13H11F3O2. The van der Waals surface area contributed by atoms with Gasteiger partial charge in [-0.1, -0.05) is 13.8 Å². The van der Waals surface area contributed by atoms with E-state index < -0.39 is 17.4 Å². The topological polar surface area (TPSA) is 30.2 Å². The zero-order chi connectivity index (χ0) is 13.5. The fourth-order valence-electron chi connectivity index (χ4n) is 1.67. The van der Waals surface area contributed by atoms with Crippen LogP contribution >= 0.6 is 0 Å². The fraction of sp³-hybridized carbons (Fsp3) is 0.308. The van der Waals surface area contributed by atoms with Crippen molar-refractivity contribution < 1.29 is 17.6 Å². The van der Waals surface area contributed by atoms with Gasteiger partial charge in [0.25, 0.3) is 0 Å². The molecule has 0 saturated carbocycles. The molecule has 18 heavy (non-hydrogen) atoms. The van der Waals surface area contributed by atoms with Crippen LogP contribution in [0.4, 0.5) is 13.2 Å². The quantitative estimate of drug-likeness (QED) is 0.773. The Morgan fingerprint density at radius 3 is 2.39 bits per heavy atom. The second-order valence-corrected chi connectivity index (χ2v) is 4.39. The molecule has 2 nitrogen and oxygen atoms in total. The van der Waals surface area contributed by atoms with Gasteiger partial charge in [0.1, 0.15) is 5.76 Å². The predicted molar refractivity (Wildman–Crippen MR) is 61.6 cm³/mol. The summed E-state index contributed by atoms with van der Waals surface area (Å²) >= 11 is 0. The third-order valence-electron chi connectivity index (χ3n) is 2.68. The SMILES string of the molecule is CC(C)c1cc2cc(C(F)(F)F)ccc2c(=O)o1. The van der Waals surface area contributed by atoms with Gasteiger partial charge in [0, 0.05) is 5.92 Å². The molecule has 1 aromatic carbocycles. The monoisotopic (exact) mass is 256 g/mol. The molecule has 0 fully saturated rings. The third kappa shape index (κ3) is 2.25. The lowest BCUT2D eigenvalue weighted by atomic mass is 10.1. The minimum Gasteiger partial charge on any atom is -0.427 e.